The van der Waals surface area contributed by atoms with Crippen molar-refractivity contribution in [3.8, 4) is 5.75 Å². The molecule has 0 spiro atoms. The Labute approximate surface area is 236 Å². The summed E-state index contributed by atoms with van der Waals surface area (Å²) >= 11 is 7.09. The average Bonchev–Trinajstić information content (AvgIpc) is 2.88. The first kappa shape index (κ1) is 25.9. The fraction of sp³-hybridized carbons (Fsp3) is 0.100. The second-order valence-electron chi connectivity index (χ2n) is 9.01. The Balaban J connectivity index is 1.40. The topological polar surface area (TPSA) is 75.7 Å². The molecule has 4 aromatic carbocycles. The Morgan fingerprint density at radius 1 is 0.842 bits per heavy atom. The Hall–Kier alpha value is -3.75. The van der Waals surface area contributed by atoms with Crippen molar-refractivity contribution in [1.82, 2.24) is 5.32 Å². The summed E-state index contributed by atoms with van der Waals surface area (Å²) in [5.74, 6) is -0.846. The quantitative estimate of drug-likeness (QED) is 0.186. The van der Waals surface area contributed by atoms with E-state index in [4.69, 9.17) is 4.74 Å². The molecule has 5 rings (SSSR count). The van der Waals surface area contributed by atoms with E-state index >= 15 is 0 Å². The molecule has 1 saturated heterocycles. The van der Waals surface area contributed by atoms with Crippen LogP contribution in [0.1, 0.15) is 22.3 Å². The number of ether oxygens (including phenoxy) is 1. The highest BCUT2D eigenvalue weighted by molar-refractivity contribution is 9.11. The van der Waals surface area contributed by atoms with Gasteiger partial charge in [-0.3, -0.25) is 14.9 Å². The number of rotatable bonds is 5. The maximum Gasteiger partial charge on any atom is 0.335 e. The van der Waals surface area contributed by atoms with Crippen LogP contribution in [0.3, 0.4) is 0 Å². The molecular weight excluding hydrogens is 612 g/mol. The summed E-state index contributed by atoms with van der Waals surface area (Å²) in [5, 5.41) is 4.56. The van der Waals surface area contributed by atoms with Crippen molar-refractivity contribution in [1.29, 1.82) is 0 Å². The van der Waals surface area contributed by atoms with Gasteiger partial charge in [-0.1, -0.05) is 42.5 Å². The first-order valence-electron chi connectivity index (χ1n) is 11.8. The Morgan fingerprint density at radius 2 is 1.55 bits per heavy atom. The molecule has 1 aliphatic heterocycles. The summed E-state index contributed by atoms with van der Waals surface area (Å²) in [6.45, 7) is 4.19. The van der Waals surface area contributed by atoms with Gasteiger partial charge < -0.3 is 4.74 Å². The second-order valence-corrected chi connectivity index (χ2v) is 10.7. The Kier molecular flexibility index (Phi) is 7.19. The molecule has 1 fully saturated rings. The van der Waals surface area contributed by atoms with Crippen LogP contribution in [0.15, 0.2) is 87.3 Å². The third-order valence-electron chi connectivity index (χ3n) is 6.38. The molecule has 8 heteroatoms. The van der Waals surface area contributed by atoms with Crippen molar-refractivity contribution in [2.24, 2.45) is 0 Å². The highest BCUT2D eigenvalue weighted by Gasteiger charge is 2.37. The molecule has 0 radical (unpaired) electrons. The van der Waals surface area contributed by atoms with Gasteiger partial charge in [0.05, 0.1) is 14.6 Å². The minimum Gasteiger partial charge on any atom is -0.487 e. The number of fused-ring (bicyclic) bond motifs is 1. The maximum absolute atomic E-state index is 13.3. The molecule has 4 aromatic rings. The predicted octanol–water partition coefficient (Wildman–Crippen LogP) is 7.23. The summed E-state index contributed by atoms with van der Waals surface area (Å²) in [7, 11) is 0. The Morgan fingerprint density at radius 3 is 2.26 bits per heavy atom. The van der Waals surface area contributed by atoms with Crippen LogP contribution in [-0.2, 0) is 16.2 Å². The minimum atomic E-state index is -0.778. The van der Waals surface area contributed by atoms with E-state index in [1.165, 1.54) is 6.08 Å². The number of halogens is 2. The number of benzene rings is 4. The number of hydrogen-bond donors (Lipinski definition) is 1. The lowest BCUT2D eigenvalue weighted by Gasteiger charge is -2.27. The number of carbonyl (C=O) groups excluding carboxylic acids is 3. The van der Waals surface area contributed by atoms with Crippen molar-refractivity contribution in [3.05, 3.63) is 110 Å². The first-order chi connectivity index (χ1) is 18.2. The van der Waals surface area contributed by atoms with Gasteiger partial charge >= 0.3 is 6.03 Å². The number of imide groups is 2. The number of carbonyl (C=O) groups is 3. The van der Waals surface area contributed by atoms with E-state index in [0.29, 0.717) is 32.6 Å². The van der Waals surface area contributed by atoms with Crippen LogP contribution in [0, 0.1) is 13.8 Å². The van der Waals surface area contributed by atoms with E-state index in [9.17, 15) is 14.4 Å². The zero-order valence-electron chi connectivity index (χ0n) is 20.5. The lowest BCUT2D eigenvalue weighted by Crippen LogP contribution is -2.54. The first-order valence-corrected chi connectivity index (χ1v) is 13.4. The van der Waals surface area contributed by atoms with E-state index < -0.39 is 17.8 Å². The number of anilines is 1. The third-order valence-corrected chi connectivity index (χ3v) is 7.56. The zero-order valence-corrected chi connectivity index (χ0v) is 23.7. The molecule has 6 nitrogen and oxygen atoms in total. The maximum atomic E-state index is 13.3. The second kappa shape index (κ2) is 10.6. The molecule has 190 valence electrons. The van der Waals surface area contributed by atoms with Gasteiger partial charge in [-0.15, -0.1) is 0 Å². The van der Waals surface area contributed by atoms with Crippen molar-refractivity contribution in [3.63, 3.8) is 0 Å². The summed E-state index contributed by atoms with van der Waals surface area (Å²) in [5.41, 5.74) is 3.81. The van der Waals surface area contributed by atoms with Gasteiger partial charge in [-0.05, 0) is 115 Å². The lowest BCUT2D eigenvalue weighted by atomic mass is 10.0. The molecule has 1 N–H and O–H groups in total. The average molecular weight is 634 g/mol. The summed E-state index contributed by atoms with van der Waals surface area (Å²) in [6.07, 6.45) is 1.46. The number of hydrogen-bond acceptors (Lipinski definition) is 4. The van der Waals surface area contributed by atoms with Gasteiger partial charge in [-0.25, -0.2) is 9.69 Å². The van der Waals surface area contributed by atoms with Crippen LogP contribution in [0.2, 0.25) is 0 Å². The van der Waals surface area contributed by atoms with Crippen LogP contribution in [-0.4, -0.2) is 17.8 Å². The molecule has 0 bridgehead atoms. The van der Waals surface area contributed by atoms with Gasteiger partial charge in [0.2, 0.25) is 0 Å². The van der Waals surface area contributed by atoms with Gasteiger partial charge in [0.15, 0.2) is 0 Å². The van der Waals surface area contributed by atoms with Crippen molar-refractivity contribution in [2.75, 3.05) is 4.90 Å². The zero-order chi connectivity index (χ0) is 27.0. The normalized spacial score (nSPS) is 14.8. The fourth-order valence-electron chi connectivity index (χ4n) is 4.21. The minimum absolute atomic E-state index is 0.147. The number of aryl methyl sites for hydroxylation is 2. The van der Waals surface area contributed by atoms with Gasteiger partial charge in [-0.2, -0.15) is 0 Å². The van der Waals surface area contributed by atoms with Crippen molar-refractivity contribution in [2.45, 2.75) is 20.5 Å². The molecule has 38 heavy (non-hydrogen) atoms. The molecule has 1 heterocycles. The van der Waals surface area contributed by atoms with Crippen molar-refractivity contribution < 1.29 is 19.1 Å². The number of barbiturate groups is 1. The summed E-state index contributed by atoms with van der Waals surface area (Å²) < 4.78 is 7.37. The van der Waals surface area contributed by atoms with Gasteiger partial charge in [0.25, 0.3) is 11.8 Å². The summed E-state index contributed by atoms with van der Waals surface area (Å²) in [6, 6.07) is 22.3. The van der Waals surface area contributed by atoms with Crippen LogP contribution < -0.4 is 15.0 Å². The largest absolute Gasteiger partial charge is 0.487 e. The molecule has 1 aliphatic rings. The molecule has 0 aliphatic carbocycles. The molecule has 0 atom stereocenters. The standard InChI is InChI=1S/C30H22Br2N2O4/c1-17-7-10-23(11-18(17)2)34-29(36)24(28(35)33-30(34)37)13-20-14-25(31)27(26(32)15-20)38-16-19-8-9-21-5-3-4-6-22(21)12-19/h3-15H,16H2,1-2H3,(H,33,35,37)/b24-13+. The third kappa shape index (κ3) is 5.14. The summed E-state index contributed by atoms with van der Waals surface area (Å²) in [4.78, 5) is 39.4. The highest BCUT2D eigenvalue weighted by Crippen LogP contribution is 2.36. The number of nitrogens with one attached hydrogen (secondary N) is 1. The van der Waals surface area contributed by atoms with E-state index in [1.807, 2.05) is 38.1 Å². The van der Waals surface area contributed by atoms with E-state index in [1.54, 1.807) is 24.3 Å². The van der Waals surface area contributed by atoms with Crippen molar-refractivity contribution >= 4 is 72.2 Å². The molecule has 0 unspecified atom stereocenters. The van der Waals surface area contributed by atoms with Gasteiger partial charge in [0, 0.05) is 0 Å². The molecule has 4 amide bonds. The van der Waals surface area contributed by atoms with Crippen LogP contribution >= 0.6 is 31.9 Å². The SMILES string of the molecule is Cc1ccc(N2C(=O)NC(=O)/C(=C\c3cc(Br)c(OCc4ccc5ccccc5c4)c(Br)c3)C2=O)cc1C. The number of amides is 4. The number of urea groups is 1. The molecule has 0 aromatic heterocycles. The number of nitrogens with zero attached hydrogens (tertiary/aromatic N) is 1. The Bertz CT molecular complexity index is 1640. The van der Waals surface area contributed by atoms with E-state index in [2.05, 4.69) is 61.4 Å². The highest BCUT2D eigenvalue weighted by atomic mass is 79.9. The predicted molar refractivity (Wildman–Crippen MR) is 155 cm³/mol. The molecular formula is C30H22Br2N2O4. The molecule has 0 saturated carbocycles. The van der Waals surface area contributed by atoms with Gasteiger partial charge in [0.1, 0.15) is 17.9 Å². The fourth-order valence-corrected chi connectivity index (χ4v) is 5.66. The van der Waals surface area contributed by atoms with E-state index in [0.717, 1.165) is 32.4 Å². The smallest absolute Gasteiger partial charge is 0.335 e. The monoisotopic (exact) mass is 632 g/mol. The van der Waals surface area contributed by atoms with Crippen LogP contribution in [0.5, 0.6) is 5.75 Å². The van der Waals surface area contributed by atoms with Crippen LogP contribution in [0.25, 0.3) is 16.8 Å². The van der Waals surface area contributed by atoms with Crippen LogP contribution in [0.4, 0.5) is 10.5 Å². The lowest BCUT2D eigenvalue weighted by molar-refractivity contribution is -0.122. The van der Waals surface area contributed by atoms with E-state index in [-0.39, 0.29) is 5.57 Å².